The van der Waals surface area contributed by atoms with Crippen molar-refractivity contribution in [2.45, 2.75) is 6.18 Å². The molecule has 2 nitrogen and oxygen atoms in total. The lowest BCUT2D eigenvalue weighted by atomic mass is 10.00. The number of carbonyl (C=O) groups excluding carboxylic acids is 1. The van der Waals surface area contributed by atoms with E-state index in [2.05, 4.69) is 0 Å². The number of aromatic nitrogens is 1. The Hall–Kier alpha value is -3.60. The van der Waals surface area contributed by atoms with E-state index in [-0.39, 0.29) is 11.3 Å². The van der Waals surface area contributed by atoms with Crippen LogP contribution >= 0.6 is 0 Å². The topological polar surface area (TPSA) is 22.0 Å². The summed E-state index contributed by atoms with van der Waals surface area (Å²) in [5.41, 5.74) is 0.555. The van der Waals surface area contributed by atoms with Crippen LogP contribution in [0.3, 0.4) is 0 Å². The van der Waals surface area contributed by atoms with Crippen LogP contribution in [0.5, 0.6) is 0 Å². The molecule has 0 N–H and O–H groups in total. The molecule has 0 spiro atoms. The van der Waals surface area contributed by atoms with Crippen LogP contribution in [0, 0.1) is 0 Å². The summed E-state index contributed by atoms with van der Waals surface area (Å²) in [7, 11) is 0. The molecule has 5 heteroatoms. The Bertz CT molecular complexity index is 1130. The van der Waals surface area contributed by atoms with Gasteiger partial charge in [-0.1, -0.05) is 78.9 Å². The van der Waals surface area contributed by atoms with Gasteiger partial charge in [-0.15, -0.1) is 0 Å². The van der Waals surface area contributed by atoms with Gasteiger partial charge in [0.05, 0.1) is 5.69 Å². The average molecular weight is 391 g/mol. The average Bonchev–Trinajstić information content (AvgIpc) is 3.16. The van der Waals surface area contributed by atoms with E-state index < -0.39 is 17.7 Å². The maximum Gasteiger partial charge on any atom is 0.431 e. The Labute approximate surface area is 165 Å². The number of ketones is 1. The van der Waals surface area contributed by atoms with Gasteiger partial charge in [0.25, 0.3) is 0 Å². The summed E-state index contributed by atoms with van der Waals surface area (Å²) >= 11 is 0. The van der Waals surface area contributed by atoms with E-state index in [9.17, 15) is 18.0 Å². The van der Waals surface area contributed by atoms with Gasteiger partial charge in [-0.05, 0) is 23.8 Å². The van der Waals surface area contributed by atoms with Crippen LogP contribution in [-0.2, 0) is 6.18 Å². The number of para-hydroxylation sites is 1. The molecule has 1 aromatic heterocycles. The van der Waals surface area contributed by atoms with E-state index in [1.807, 2.05) is 0 Å². The van der Waals surface area contributed by atoms with Crippen molar-refractivity contribution in [2.24, 2.45) is 0 Å². The molecule has 29 heavy (non-hydrogen) atoms. The number of hydrogen-bond acceptors (Lipinski definition) is 1. The minimum atomic E-state index is -4.63. The molecule has 0 aliphatic carbocycles. The number of nitrogens with zero attached hydrogens (tertiary/aromatic N) is 1. The second-order valence-corrected chi connectivity index (χ2v) is 6.52. The Kier molecular flexibility index (Phi) is 4.80. The van der Waals surface area contributed by atoms with Gasteiger partial charge in [-0.3, -0.25) is 4.79 Å². The van der Waals surface area contributed by atoms with Crippen LogP contribution in [-0.4, -0.2) is 10.4 Å². The molecule has 0 unspecified atom stereocenters. The molecule has 0 amide bonds. The first-order chi connectivity index (χ1) is 14.0. The predicted molar refractivity (Wildman–Crippen MR) is 106 cm³/mol. The van der Waals surface area contributed by atoms with E-state index >= 15 is 0 Å². The predicted octanol–water partition coefficient (Wildman–Crippen LogP) is 6.39. The van der Waals surface area contributed by atoms with E-state index in [1.54, 1.807) is 91.0 Å². The Balaban J connectivity index is 2.06. The van der Waals surface area contributed by atoms with Gasteiger partial charge >= 0.3 is 6.18 Å². The van der Waals surface area contributed by atoms with Crippen molar-refractivity contribution in [3.63, 3.8) is 0 Å². The normalized spacial score (nSPS) is 11.4. The quantitative estimate of drug-likeness (QED) is 0.369. The zero-order chi connectivity index (χ0) is 20.4. The standard InChI is InChI=1S/C24H16F3NO/c25-24(26,27)21-16-20(23(29)18-12-6-2-7-13-18)22(17-10-4-1-5-11-17)28(21)19-14-8-3-9-15-19/h1-16H. The largest absolute Gasteiger partial charge is 0.431 e. The molecule has 3 aromatic carbocycles. The fraction of sp³-hybridized carbons (Fsp3) is 0.0417. The highest BCUT2D eigenvalue weighted by atomic mass is 19.4. The Morgan fingerprint density at radius 2 is 1.24 bits per heavy atom. The number of halogens is 3. The third kappa shape index (κ3) is 3.59. The lowest BCUT2D eigenvalue weighted by molar-refractivity contribution is -0.142. The maximum atomic E-state index is 14.0. The second-order valence-electron chi connectivity index (χ2n) is 6.52. The molecule has 0 radical (unpaired) electrons. The third-order valence-corrected chi connectivity index (χ3v) is 4.63. The minimum absolute atomic E-state index is 0.0126. The fourth-order valence-corrected chi connectivity index (χ4v) is 3.36. The van der Waals surface area contributed by atoms with E-state index in [0.717, 1.165) is 10.6 Å². The summed E-state index contributed by atoms with van der Waals surface area (Å²) in [6.07, 6.45) is -4.63. The summed E-state index contributed by atoms with van der Waals surface area (Å²) in [5, 5.41) is 0. The maximum absolute atomic E-state index is 14.0. The zero-order valence-corrected chi connectivity index (χ0v) is 15.2. The van der Waals surface area contributed by atoms with Crippen LogP contribution in [0.15, 0.2) is 97.1 Å². The molecule has 0 aliphatic rings. The van der Waals surface area contributed by atoms with Crippen LogP contribution in [0.25, 0.3) is 16.9 Å². The lowest BCUT2D eigenvalue weighted by Crippen LogP contribution is -2.13. The van der Waals surface area contributed by atoms with Crippen molar-refractivity contribution in [3.05, 3.63) is 114 Å². The molecule has 0 bridgehead atoms. The molecule has 144 valence electrons. The highest BCUT2D eigenvalue weighted by Crippen LogP contribution is 2.39. The van der Waals surface area contributed by atoms with E-state index in [1.165, 1.54) is 0 Å². The van der Waals surface area contributed by atoms with Gasteiger partial charge in [-0.2, -0.15) is 13.2 Å². The highest BCUT2D eigenvalue weighted by molar-refractivity contribution is 6.13. The van der Waals surface area contributed by atoms with Gasteiger partial charge < -0.3 is 4.57 Å². The number of rotatable bonds is 4. The van der Waals surface area contributed by atoms with E-state index in [0.29, 0.717) is 16.8 Å². The molecule has 0 saturated carbocycles. The summed E-state index contributed by atoms with van der Waals surface area (Å²) in [5.74, 6) is -0.454. The van der Waals surface area contributed by atoms with Gasteiger partial charge in [0.1, 0.15) is 5.69 Å². The van der Waals surface area contributed by atoms with Crippen LogP contribution < -0.4 is 0 Å². The van der Waals surface area contributed by atoms with Crippen molar-refractivity contribution in [1.82, 2.24) is 4.57 Å². The van der Waals surface area contributed by atoms with Gasteiger partial charge in [0.15, 0.2) is 5.78 Å². The van der Waals surface area contributed by atoms with Crippen molar-refractivity contribution in [1.29, 1.82) is 0 Å². The molecule has 1 heterocycles. The number of carbonyl (C=O) groups is 1. The summed E-state index contributed by atoms with van der Waals surface area (Å²) in [6.45, 7) is 0. The molecule has 0 fully saturated rings. The smallest absolute Gasteiger partial charge is 0.305 e. The van der Waals surface area contributed by atoms with E-state index in [4.69, 9.17) is 0 Å². The van der Waals surface area contributed by atoms with Crippen molar-refractivity contribution < 1.29 is 18.0 Å². The summed E-state index contributed by atoms with van der Waals surface area (Å²) in [4.78, 5) is 13.2. The minimum Gasteiger partial charge on any atom is -0.305 e. The van der Waals surface area contributed by atoms with Crippen LogP contribution in [0.2, 0.25) is 0 Å². The first-order valence-electron chi connectivity index (χ1n) is 9.00. The van der Waals surface area contributed by atoms with Crippen molar-refractivity contribution >= 4 is 5.78 Å². The van der Waals surface area contributed by atoms with Crippen molar-refractivity contribution in [2.75, 3.05) is 0 Å². The fourth-order valence-electron chi connectivity index (χ4n) is 3.36. The molecule has 0 aliphatic heterocycles. The Morgan fingerprint density at radius 3 is 1.79 bits per heavy atom. The molecule has 4 aromatic rings. The number of alkyl halides is 3. The van der Waals surface area contributed by atoms with Gasteiger partial charge in [-0.25, -0.2) is 0 Å². The van der Waals surface area contributed by atoms with Gasteiger partial charge in [0, 0.05) is 16.8 Å². The summed E-state index contributed by atoms with van der Waals surface area (Å²) < 4.78 is 43.0. The van der Waals surface area contributed by atoms with Crippen molar-refractivity contribution in [3.8, 4) is 16.9 Å². The molecule has 0 atom stereocenters. The molecule has 4 rings (SSSR count). The number of hydrogen-bond donors (Lipinski definition) is 0. The SMILES string of the molecule is O=C(c1ccccc1)c1cc(C(F)(F)F)n(-c2ccccc2)c1-c1ccccc1. The second kappa shape index (κ2) is 7.43. The first-order valence-corrected chi connectivity index (χ1v) is 9.00. The zero-order valence-electron chi connectivity index (χ0n) is 15.2. The lowest BCUT2D eigenvalue weighted by Gasteiger charge is -2.16. The Morgan fingerprint density at radius 1 is 0.724 bits per heavy atom. The highest BCUT2D eigenvalue weighted by Gasteiger charge is 2.38. The third-order valence-electron chi connectivity index (χ3n) is 4.63. The monoisotopic (exact) mass is 391 g/mol. The first kappa shape index (κ1) is 18.7. The molecule has 0 saturated heterocycles. The molecular formula is C24H16F3NO. The molecular weight excluding hydrogens is 375 g/mol. The van der Waals surface area contributed by atoms with Crippen LogP contribution in [0.1, 0.15) is 21.6 Å². The number of benzene rings is 3. The van der Waals surface area contributed by atoms with Gasteiger partial charge in [0.2, 0.25) is 0 Å². The summed E-state index contributed by atoms with van der Waals surface area (Å²) in [6, 6.07) is 26.2. The van der Waals surface area contributed by atoms with Crippen LogP contribution in [0.4, 0.5) is 13.2 Å².